The highest BCUT2D eigenvalue weighted by Crippen LogP contribution is 2.46. The van der Waals surface area contributed by atoms with Gasteiger partial charge in [0.15, 0.2) is 0 Å². The van der Waals surface area contributed by atoms with Crippen molar-refractivity contribution >= 4 is 57.9 Å². The Balaban J connectivity index is 2.17. The van der Waals surface area contributed by atoms with Gasteiger partial charge in [-0.1, -0.05) is 0 Å². The van der Waals surface area contributed by atoms with Crippen LogP contribution in [-0.2, 0) is 18.9 Å². The van der Waals surface area contributed by atoms with Gasteiger partial charge in [0, 0.05) is 9.75 Å². The van der Waals surface area contributed by atoms with E-state index in [9.17, 15) is 19.2 Å². The first kappa shape index (κ1) is 28.5. The average Bonchev–Trinajstić information content (AvgIpc) is 3.55. The maximum absolute atomic E-state index is 12.9. The van der Waals surface area contributed by atoms with Crippen molar-refractivity contribution in [3.8, 4) is 19.5 Å². The van der Waals surface area contributed by atoms with Gasteiger partial charge >= 0.3 is 23.9 Å². The molecule has 0 aromatic carbocycles. The smallest absolute Gasteiger partial charge is 0.348 e. The van der Waals surface area contributed by atoms with E-state index in [1.807, 2.05) is 12.1 Å². The molecular weight excluding hydrogens is 536 g/mol. The number of rotatable bonds is 10. The monoisotopic (exact) mass is 564 g/mol. The minimum Gasteiger partial charge on any atom is -0.462 e. The van der Waals surface area contributed by atoms with E-state index in [-0.39, 0.29) is 26.4 Å². The topological polar surface area (TPSA) is 105 Å². The maximum Gasteiger partial charge on any atom is 0.348 e. The van der Waals surface area contributed by atoms with E-state index in [1.54, 1.807) is 41.5 Å². The maximum atomic E-state index is 12.9. The van der Waals surface area contributed by atoms with E-state index < -0.39 is 23.9 Å². The summed E-state index contributed by atoms with van der Waals surface area (Å²) < 4.78 is 20.9. The minimum atomic E-state index is -0.527. The van der Waals surface area contributed by atoms with E-state index in [4.69, 9.17) is 18.9 Å². The van der Waals surface area contributed by atoms with Crippen molar-refractivity contribution in [1.29, 1.82) is 0 Å². The fourth-order valence-corrected chi connectivity index (χ4v) is 7.25. The molecule has 3 heterocycles. The molecule has 3 aromatic rings. The van der Waals surface area contributed by atoms with Gasteiger partial charge in [0.1, 0.15) is 9.75 Å². The van der Waals surface area contributed by atoms with E-state index in [0.29, 0.717) is 51.5 Å². The van der Waals surface area contributed by atoms with Crippen molar-refractivity contribution in [3.63, 3.8) is 0 Å². The highest BCUT2D eigenvalue weighted by molar-refractivity contribution is 7.27. The van der Waals surface area contributed by atoms with E-state index in [2.05, 4.69) is 0 Å². The summed E-state index contributed by atoms with van der Waals surface area (Å²) >= 11 is 3.66. The lowest BCUT2D eigenvalue weighted by molar-refractivity contribution is 0.0510. The second-order valence-electron chi connectivity index (χ2n) is 7.57. The number of hydrogen-bond acceptors (Lipinski definition) is 11. The molecule has 0 saturated heterocycles. The van der Waals surface area contributed by atoms with Gasteiger partial charge in [-0.2, -0.15) is 0 Å². The molecule has 0 bridgehead atoms. The van der Waals surface area contributed by atoms with Crippen LogP contribution >= 0.6 is 34.0 Å². The summed E-state index contributed by atoms with van der Waals surface area (Å²) in [6, 6.07) is 3.63. The fourth-order valence-electron chi connectivity index (χ4n) is 3.64. The number of carbonyl (C=O) groups is 4. The third kappa shape index (κ3) is 5.78. The average molecular weight is 565 g/mol. The van der Waals surface area contributed by atoms with Crippen LogP contribution in [0.3, 0.4) is 0 Å². The zero-order valence-corrected chi connectivity index (χ0v) is 23.9. The second-order valence-corrected chi connectivity index (χ2v) is 10.7. The lowest BCUT2D eigenvalue weighted by Gasteiger charge is -2.05. The summed E-state index contributed by atoms with van der Waals surface area (Å²) in [7, 11) is 0. The van der Waals surface area contributed by atoms with Crippen molar-refractivity contribution in [2.75, 3.05) is 26.4 Å². The van der Waals surface area contributed by atoms with Crippen LogP contribution in [0.2, 0.25) is 0 Å². The Bertz CT molecular complexity index is 1230. The predicted molar refractivity (Wildman–Crippen MR) is 144 cm³/mol. The van der Waals surface area contributed by atoms with Crippen molar-refractivity contribution in [2.45, 2.75) is 41.5 Å². The summed E-state index contributed by atoms with van der Waals surface area (Å²) in [5, 5.41) is 0. The Kier molecular flexibility index (Phi) is 9.63. The molecule has 0 N–H and O–H groups in total. The Morgan fingerprint density at radius 3 is 1.22 bits per heavy atom. The highest BCUT2D eigenvalue weighted by atomic mass is 32.1. The van der Waals surface area contributed by atoms with E-state index in [0.717, 1.165) is 22.7 Å². The van der Waals surface area contributed by atoms with Gasteiger partial charge in [-0.3, -0.25) is 0 Å². The Morgan fingerprint density at radius 2 is 0.892 bits per heavy atom. The van der Waals surface area contributed by atoms with Gasteiger partial charge in [0.05, 0.1) is 47.3 Å². The van der Waals surface area contributed by atoms with Crippen LogP contribution in [0.4, 0.5) is 0 Å². The zero-order valence-electron chi connectivity index (χ0n) is 21.5. The normalized spacial score (nSPS) is 10.8. The first-order valence-corrected chi connectivity index (χ1v) is 14.2. The predicted octanol–water partition coefficient (Wildman–Crippen LogP) is 6.53. The van der Waals surface area contributed by atoms with Crippen molar-refractivity contribution in [3.05, 3.63) is 44.1 Å². The molecule has 0 spiro atoms. The third-order valence-corrected chi connectivity index (χ3v) is 9.22. The van der Waals surface area contributed by atoms with Gasteiger partial charge in [-0.05, 0) is 64.8 Å². The number of esters is 4. The summed E-state index contributed by atoms with van der Waals surface area (Å²) in [5.41, 5.74) is 1.61. The molecule has 0 aliphatic heterocycles. The lowest BCUT2D eigenvalue weighted by Crippen LogP contribution is -2.08. The zero-order chi connectivity index (χ0) is 27.3. The Hall–Kier alpha value is -3.02. The molecule has 11 heteroatoms. The third-order valence-electron chi connectivity index (χ3n) is 5.23. The van der Waals surface area contributed by atoms with Crippen LogP contribution in [0.15, 0.2) is 12.1 Å². The Labute approximate surface area is 227 Å². The molecule has 198 valence electrons. The number of hydrogen-bond donors (Lipinski definition) is 0. The van der Waals surface area contributed by atoms with Crippen LogP contribution in [-0.4, -0.2) is 50.3 Å². The molecule has 37 heavy (non-hydrogen) atoms. The summed E-state index contributed by atoms with van der Waals surface area (Å²) in [6.45, 7) is 11.0. The number of ether oxygens (including phenoxy) is 4. The van der Waals surface area contributed by atoms with Gasteiger partial charge < -0.3 is 18.9 Å². The largest absolute Gasteiger partial charge is 0.462 e. The first-order chi connectivity index (χ1) is 17.7. The molecule has 0 saturated carbocycles. The number of thiophene rings is 3. The molecule has 0 unspecified atom stereocenters. The minimum absolute atomic E-state index is 0.187. The molecule has 0 aliphatic carbocycles. The van der Waals surface area contributed by atoms with Gasteiger partial charge in [0.25, 0.3) is 0 Å². The van der Waals surface area contributed by atoms with Gasteiger partial charge in [-0.15, -0.1) is 34.0 Å². The van der Waals surface area contributed by atoms with Crippen LogP contribution in [0.5, 0.6) is 0 Å². The fraction of sp³-hybridized carbons (Fsp3) is 0.385. The van der Waals surface area contributed by atoms with Crippen LogP contribution in [0.25, 0.3) is 19.5 Å². The molecule has 0 aliphatic rings. The lowest BCUT2D eigenvalue weighted by atomic mass is 10.1. The van der Waals surface area contributed by atoms with E-state index in [1.165, 1.54) is 11.3 Å². The SMILES string of the molecule is CCOC(=O)c1sc(-c2ccc(-c3sc(C(=O)OCC)c(C)c3C(=O)OCC)s2)c(C(=O)OCC)c1C. The standard InChI is InChI=1S/C26H28O8S3/c1-7-31-23(27)17-13(5)19(25(29)33-9-3)36-21(17)15-11-12-16(35-15)22-18(24(28)32-8-2)14(6)20(37-22)26(30)34-10-4/h11-12H,7-10H2,1-6H3. The molecule has 0 fully saturated rings. The van der Waals surface area contributed by atoms with Crippen LogP contribution in [0.1, 0.15) is 78.9 Å². The van der Waals surface area contributed by atoms with E-state index >= 15 is 0 Å². The summed E-state index contributed by atoms with van der Waals surface area (Å²) in [5.74, 6) is -2.06. The van der Waals surface area contributed by atoms with Crippen molar-refractivity contribution in [2.24, 2.45) is 0 Å². The second kappa shape index (κ2) is 12.5. The van der Waals surface area contributed by atoms with Gasteiger partial charge in [0.2, 0.25) is 0 Å². The number of carbonyl (C=O) groups excluding carboxylic acids is 4. The first-order valence-electron chi connectivity index (χ1n) is 11.8. The quantitative estimate of drug-likeness (QED) is 0.202. The molecule has 3 aromatic heterocycles. The van der Waals surface area contributed by atoms with Crippen LogP contribution in [0, 0.1) is 13.8 Å². The summed E-state index contributed by atoms with van der Waals surface area (Å²) in [6.07, 6.45) is 0. The van der Waals surface area contributed by atoms with Gasteiger partial charge in [-0.25, -0.2) is 19.2 Å². The van der Waals surface area contributed by atoms with Crippen molar-refractivity contribution in [1.82, 2.24) is 0 Å². The molecule has 0 atom stereocenters. The molecule has 0 amide bonds. The highest BCUT2D eigenvalue weighted by Gasteiger charge is 2.30. The van der Waals surface area contributed by atoms with Crippen molar-refractivity contribution < 1.29 is 38.1 Å². The molecule has 3 rings (SSSR count). The molecule has 0 radical (unpaired) electrons. The van der Waals surface area contributed by atoms with Crippen LogP contribution < -0.4 is 0 Å². The molecule has 8 nitrogen and oxygen atoms in total. The summed E-state index contributed by atoms with van der Waals surface area (Å²) in [4.78, 5) is 54.1. The Morgan fingerprint density at radius 1 is 0.568 bits per heavy atom. The molecular formula is C26H28O8S3.